The molecule has 1 fully saturated rings. The quantitative estimate of drug-likeness (QED) is 0.845. The third-order valence-electron chi connectivity index (χ3n) is 5.01. The van der Waals surface area contributed by atoms with Crippen LogP contribution in [0.4, 0.5) is 0 Å². The first kappa shape index (κ1) is 16.3. The van der Waals surface area contributed by atoms with Gasteiger partial charge in [0.25, 0.3) is 0 Å². The molecule has 0 bridgehead atoms. The summed E-state index contributed by atoms with van der Waals surface area (Å²) in [4.78, 5) is 14.4. The van der Waals surface area contributed by atoms with E-state index in [2.05, 4.69) is 6.07 Å². The number of rotatable bonds is 3. The van der Waals surface area contributed by atoms with Crippen LogP contribution in [0.25, 0.3) is 0 Å². The van der Waals surface area contributed by atoms with Crippen LogP contribution >= 0.6 is 0 Å². The van der Waals surface area contributed by atoms with Crippen molar-refractivity contribution in [3.63, 3.8) is 0 Å². The summed E-state index contributed by atoms with van der Waals surface area (Å²) < 4.78 is 27.0. The Morgan fingerprint density at radius 1 is 1.00 bits per heavy atom. The second-order valence-corrected chi connectivity index (χ2v) is 8.55. The first-order valence-electron chi connectivity index (χ1n) is 8.43. The number of amides is 1. The summed E-state index contributed by atoms with van der Waals surface area (Å²) in [7, 11) is -3.54. The summed E-state index contributed by atoms with van der Waals surface area (Å²) in [5.41, 5.74) is 3.02. The Morgan fingerprint density at radius 3 is 2.52 bits per heavy atom. The standard InChI is InChI=1S/C19H20N2O3S/c22-19-13-20(25(23,24)14-15-6-2-1-3-7-15)12-18-17-9-5-4-8-16(17)10-11-21(18)19/h1-9,18H,10-14H2. The molecule has 0 saturated carbocycles. The van der Waals surface area contributed by atoms with Crippen LogP contribution < -0.4 is 0 Å². The zero-order valence-electron chi connectivity index (χ0n) is 13.8. The lowest BCUT2D eigenvalue weighted by Crippen LogP contribution is -2.55. The van der Waals surface area contributed by atoms with E-state index in [9.17, 15) is 13.2 Å². The van der Waals surface area contributed by atoms with Crippen LogP contribution in [0.15, 0.2) is 54.6 Å². The highest BCUT2D eigenvalue weighted by Crippen LogP contribution is 2.34. The third kappa shape index (κ3) is 3.07. The largest absolute Gasteiger partial charge is 0.333 e. The molecule has 4 rings (SSSR count). The minimum Gasteiger partial charge on any atom is -0.333 e. The molecule has 1 amide bonds. The van der Waals surface area contributed by atoms with Gasteiger partial charge in [-0.1, -0.05) is 54.6 Å². The smallest absolute Gasteiger partial charge is 0.238 e. The fourth-order valence-corrected chi connectivity index (χ4v) is 5.21. The molecule has 0 aliphatic carbocycles. The molecule has 130 valence electrons. The Kier molecular flexibility index (Phi) is 4.09. The maximum atomic E-state index is 12.8. The summed E-state index contributed by atoms with van der Waals surface area (Å²) in [5, 5.41) is 0. The average molecular weight is 356 g/mol. The summed E-state index contributed by atoms with van der Waals surface area (Å²) in [6, 6.07) is 16.9. The van der Waals surface area contributed by atoms with Gasteiger partial charge in [0.15, 0.2) is 0 Å². The molecule has 0 aromatic heterocycles. The molecule has 1 atom stereocenters. The minimum absolute atomic E-state index is 0.0617. The zero-order valence-corrected chi connectivity index (χ0v) is 14.7. The molecule has 0 N–H and O–H groups in total. The zero-order chi connectivity index (χ0) is 17.4. The Balaban J connectivity index is 1.62. The van der Waals surface area contributed by atoms with Crippen LogP contribution in [-0.2, 0) is 27.0 Å². The van der Waals surface area contributed by atoms with Gasteiger partial charge in [0.05, 0.1) is 18.3 Å². The van der Waals surface area contributed by atoms with Gasteiger partial charge < -0.3 is 4.90 Å². The van der Waals surface area contributed by atoms with Crippen molar-refractivity contribution < 1.29 is 13.2 Å². The molecular weight excluding hydrogens is 336 g/mol. The fraction of sp³-hybridized carbons (Fsp3) is 0.316. The van der Waals surface area contributed by atoms with E-state index in [1.54, 1.807) is 12.1 Å². The molecule has 5 nitrogen and oxygen atoms in total. The highest BCUT2D eigenvalue weighted by molar-refractivity contribution is 7.88. The molecule has 1 saturated heterocycles. The number of fused-ring (bicyclic) bond motifs is 3. The van der Waals surface area contributed by atoms with Crippen molar-refractivity contribution in [1.29, 1.82) is 0 Å². The Hall–Kier alpha value is -2.18. The van der Waals surface area contributed by atoms with E-state index < -0.39 is 10.0 Å². The van der Waals surface area contributed by atoms with E-state index >= 15 is 0 Å². The maximum Gasteiger partial charge on any atom is 0.238 e. The minimum atomic E-state index is -3.54. The predicted molar refractivity (Wildman–Crippen MR) is 95.2 cm³/mol. The molecule has 6 heteroatoms. The molecule has 0 spiro atoms. The van der Waals surface area contributed by atoms with E-state index in [-0.39, 0.29) is 24.2 Å². The van der Waals surface area contributed by atoms with Gasteiger partial charge in [0.1, 0.15) is 0 Å². The van der Waals surface area contributed by atoms with Crippen molar-refractivity contribution >= 4 is 15.9 Å². The van der Waals surface area contributed by atoms with Gasteiger partial charge in [0.2, 0.25) is 15.9 Å². The van der Waals surface area contributed by atoms with E-state index in [0.29, 0.717) is 13.1 Å². The van der Waals surface area contributed by atoms with Crippen LogP contribution in [0.3, 0.4) is 0 Å². The third-order valence-corrected chi connectivity index (χ3v) is 6.77. The molecule has 0 radical (unpaired) electrons. The van der Waals surface area contributed by atoms with Crippen molar-refractivity contribution in [3.8, 4) is 0 Å². The van der Waals surface area contributed by atoms with Crippen LogP contribution in [-0.4, -0.2) is 43.2 Å². The van der Waals surface area contributed by atoms with Crippen molar-refractivity contribution in [2.45, 2.75) is 18.2 Å². The second-order valence-electron chi connectivity index (χ2n) is 6.59. The van der Waals surface area contributed by atoms with Gasteiger partial charge in [-0.3, -0.25) is 4.79 Å². The van der Waals surface area contributed by atoms with Gasteiger partial charge in [-0.05, 0) is 23.1 Å². The Labute approximate surface area is 147 Å². The SMILES string of the molecule is O=C1CN(S(=O)(=O)Cc2ccccc2)CC2c3ccccc3CCN12. The highest BCUT2D eigenvalue weighted by atomic mass is 32.2. The molecule has 2 heterocycles. The van der Waals surface area contributed by atoms with Crippen molar-refractivity contribution in [3.05, 3.63) is 71.3 Å². The average Bonchev–Trinajstić information content (AvgIpc) is 2.62. The van der Waals surface area contributed by atoms with Crippen molar-refractivity contribution in [1.82, 2.24) is 9.21 Å². The lowest BCUT2D eigenvalue weighted by Gasteiger charge is -2.44. The molecule has 2 aromatic carbocycles. The van der Waals surface area contributed by atoms with E-state index in [1.165, 1.54) is 9.87 Å². The van der Waals surface area contributed by atoms with Gasteiger partial charge in [-0.2, -0.15) is 4.31 Å². The molecule has 25 heavy (non-hydrogen) atoms. The number of carbonyl (C=O) groups excluding carboxylic acids is 1. The molecular formula is C19H20N2O3S. The predicted octanol–water partition coefficient (Wildman–Crippen LogP) is 1.96. The molecule has 1 unspecified atom stereocenters. The fourth-order valence-electron chi connectivity index (χ4n) is 3.73. The maximum absolute atomic E-state index is 12.8. The monoisotopic (exact) mass is 356 g/mol. The number of benzene rings is 2. The van der Waals surface area contributed by atoms with Crippen molar-refractivity contribution in [2.75, 3.05) is 19.6 Å². The number of hydrogen-bond donors (Lipinski definition) is 0. The number of sulfonamides is 1. The number of piperazine rings is 1. The molecule has 2 aliphatic heterocycles. The van der Waals surface area contributed by atoms with Crippen LogP contribution in [0.5, 0.6) is 0 Å². The lowest BCUT2D eigenvalue weighted by molar-refractivity contribution is -0.138. The van der Waals surface area contributed by atoms with E-state index in [1.807, 2.05) is 41.3 Å². The molecule has 2 aromatic rings. The summed E-state index contributed by atoms with van der Waals surface area (Å²) in [5.74, 6) is -0.183. The second kappa shape index (κ2) is 6.28. The first-order chi connectivity index (χ1) is 12.0. The Bertz CT molecular complexity index is 896. The first-order valence-corrected chi connectivity index (χ1v) is 10.0. The topological polar surface area (TPSA) is 57.7 Å². The van der Waals surface area contributed by atoms with Gasteiger partial charge in [0, 0.05) is 13.1 Å². The Morgan fingerprint density at radius 2 is 1.72 bits per heavy atom. The lowest BCUT2D eigenvalue weighted by atomic mass is 9.91. The van der Waals surface area contributed by atoms with Gasteiger partial charge >= 0.3 is 0 Å². The van der Waals surface area contributed by atoms with Crippen LogP contribution in [0, 0.1) is 0 Å². The number of carbonyl (C=O) groups is 1. The summed E-state index contributed by atoms with van der Waals surface area (Å²) in [6.07, 6.45) is 0.829. The highest BCUT2D eigenvalue weighted by Gasteiger charge is 2.40. The van der Waals surface area contributed by atoms with Gasteiger partial charge in [-0.25, -0.2) is 8.42 Å². The van der Waals surface area contributed by atoms with E-state index in [0.717, 1.165) is 17.5 Å². The molecule has 2 aliphatic rings. The van der Waals surface area contributed by atoms with Crippen LogP contribution in [0.2, 0.25) is 0 Å². The normalized spacial score (nSPS) is 20.9. The van der Waals surface area contributed by atoms with Gasteiger partial charge in [-0.15, -0.1) is 0 Å². The number of nitrogens with zero attached hydrogens (tertiary/aromatic N) is 2. The van der Waals surface area contributed by atoms with Crippen molar-refractivity contribution in [2.24, 2.45) is 0 Å². The number of hydrogen-bond acceptors (Lipinski definition) is 3. The summed E-state index contributed by atoms with van der Waals surface area (Å²) in [6.45, 7) is 0.929. The summed E-state index contributed by atoms with van der Waals surface area (Å²) >= 11 is 0. The van der Waals surface area contributed by atoms with E-state index in [4.69, 9.17) is 0 Å². The van der Waals surface area contributed by atoms with Crippen LogP contribution in [0.1, 0.15) is 22.7 Å².